The number of rotatable bonds is 4. The van der Waals surface area contributed by atoms with Crippen LogP contribution in [0.4, 0.5) is 10.2 Å². The van der Waals surface area contributed by atoms with E-state index in [1.165, 1.54) is 24.4 Å². The van der Waals surface area contributed by atoms with Gasteiger partial charge in [0.25, 0.3) is 0 Å². The molecule has 92 valence electrons. The molecule has 0 saturated carbocycles. The number of hydrogen-bond donors (Lipinski definition) is 2. The van der Waals surface area contributed by atoms with Crippen LogP contribution >= 0.6 is 0 Å². The number of pyridine rings is 1. The molecule has 2 N–H and O–H groups in total. The summed E-state index contributed by atoms with van der Waals surface area (Å²) in [5, 5.41) is 11.8. The standard InChI is InChI=1S/C13H11FN2O2/c14-10-4-1-3-9(7-10)8-16-12-11(13(17)18)5-2-6-15-12/h1-7H,8H2,(H,15,16)(H,17,18). The number of hydrogen-bond acceptors (Lipinski definition) is 3. The van der Waals surface area contributed by atoms with Crippen molar-refractivity contribution in [2.75, 3.05) is 5.32 Å². The summed E-state index contributed by atoms with van der Waals surface area (Å²) >= 11 is 0. The third-order valence-corrected chi connectivity index (χ3v) is 2.39. The van der Waals surface area contributed by atoms with Crippen molar-refractivity contribution >= 4 is 11.8 Å². The van der Waals surface area contributed by atoms with Gasteiger partial charge in [-0.1, -0.05) is 12.1 Å². The first-order chi connectivity index (χ1) is 8.66. The Labute approximate surface area is 103 Å². The van der Waals surface area contributed by atoms with Crippen molar-refractivity contribution in [1.82, 2.24) is 4.98 Å². The Morgan fingerprint density at radius 2 is 2.17 bits per heavy atom. The monoisotopic (exact) mass is 246 g/mol. The molecule has 1 aromatic heterocycles. The van der Waals surface area contributed by atoms with Gasteiger partial charge in [-0.25, -0.2) is 14.2 Å². The third kappa shape index (κ3) is 2.82. The van der Waals surface area contributed by atoms with E-state index in [4.69, 9.17) is 5.11 Å². The molecule has 0 fully saturated rings. The van der Waals surface area contributed by atoms with Crippen molar-refractivity contribution in [1.29, 1.82) is 0 Å². The van der Waals surface area contributed by atoms with Crippen molar-refractivity contribution in [3.05, 3.63) is 59.5 Å². The van der Waals surface area contributed by atoms with Gasteiger partial charge in [0.15, 0.2) is 0 Å². The largest absolute Gasteiger partial charge is 0.478 e. The van der Waals surface area contributed by atoms with E-state index in [0.717, 1.165) is 5.56 Å². The minimum absolute atomic E-state index is 0.0916. The Bertz CT molecular complexity index is 572. The van der Waals surface area contributed by atoms with E-state index in [1.54, 1.807) is 18.2 Å². The smallest absolute Gasteiger partial charge is 0.339 e. The van der Waals surface area contributed by atoms with E-state index in [9.17, 15) is 9.18 Å². The van der Waals surface area contributed by atoms with Gasteiger partial charge in [0.2, 0.25) is 0 Å². The SMILES string of the molecule is O=C(O)c1cccnc1NCc1cccc(F)c1. The number of benzene rings is 1. The van der Waals surface area contributed by atoms with E-state index < -0.39 is 5.97 Å². The van der Waals surface area contributed by atoms with Gasteiger partial charge in [-0.3, -0.25) is 0 Å². The van der Waals surface area contributed by atoms with Crippen LogP contribution in [0.25, 0.3) is 0 Å². The molecule has 18 heavy (non-hydrogen) atoms. The fourth-order valence-electron chi connectivity index (χ4n) is 1.55. The number of aromatic nitrogens is 1. The Morgan fingerprint density at radius 3 is 2.89 bits per heavy atom. The first-order valence-electron chi connectivity index (χ1n) is 5.33. The van der Waals surface area contributed by atoms with E-state index >= 15 is 0 Å². The maximum Gasteiger partial charge on any atom is 0.339 e. The second-order valence-corrected chi connectivity index (χ2v) is 3.69. The van der Waals surface area contributed by atoms with Gasteiger partial charge in [-0.2, -0.15) is 0 Å². The van der Waals surface area contributed by atoms with Crippen LogP contribution in [0.3, 0.4) is 0 Å². The summed E-state index contributed by atoms with van der Waals surface area (Å²) in [6.45, 7) is 0.315. The molecule has 0 atom stereocenters. The second-order valence-electron chi connectivity index (χ2n) is 3.69. The van der Waals surface area contributed by atoms with E-state index in [0.29, 0.717) is 6.54 Å². The molecule has 1 heterocycles. The Kier molecular flexibility index (Phi) is 3.52. The number of aromatic carboxylic acids is 1. The number of carboxylic acid groups (broad SMARTS) is 1. The van der Waals surface area contributed by atoms with Crippen molar-refractivity contribution in [3.8, 4) is 0 Å². The fraction of sp³-hybridized carbons (Fsp3) is 0.0769. The summed E-state index contributed by atoms with van der Waals surface area (Å²) in [7, 11) is 0. The minimum Gasteiger partial charge on any atom is -0.478 e. The highest BCUT2D eigenvalue weighted by Gasteiger charge is 2.09. The lowest BCUT2D eigenvalue weighted by Gasteiger charge is -2.08. The maximum absolute atomic E-state index is 13.0. The summed E-state index contributed by atoms with van der Waals surface area (Å²) in [4.78, 5) is 14.9. The van der Waals surface area contributed by atoms with Crippen LogP contribution in [0, 0.1) is 5.82 Å². The zero-order chi connectivity index (χ0) is 13.0. The molecule has 2 rings (SSSR count). The molecule has 0 amide bonds. The summed E-state index contributed by atoms with van der Waals surface area (Å²) in [6.07, 6.45) is 1.50. The summed E-state index contributed by atoms with van der Waals surface area (Å²) in [5.74, 6) is -1.10. The summed E-state index contributed by atoms with van der Waals surface area (Å²) < 4.78 is 13.0. The first-order valence-corrected chi connectivity index (χ1v) is 5.33. The van der Waals surface area contributed by atoms with Crippen LogP contribution in [-0.2, 0) is 6.54 Å². The number of nitrogens with one attached hydrogen (secondary N) is 1. The number of halogens is 1. The molecule has 0 aliphatic carbocycles. The predicted molar refractivity (Wildman–Crippen MR) is 64.9 cm³/mol. The minimum atomic E-state index is -1.05. The lowest BCUT2D eigenvalue weighted by Crippen LogP contribution is -2.08. The lowest BCUT2D eigenvalue weighted by atomic mass is 10.2. The number of anilines is 1. The Hall–Kier alpha value is -2.43. The van der Waals surface area contributed by atoms with Crippen LogP contribution in [0.1, 0.15) is 15.9 Å². The lowest BCUT2D eigenvalue weighted by molar-refractivity contribution is 0.0697. The molecule has 1 aromatic carbocycles. The average molecular weight is 246 g/mol. The van der Waals surface area contributed by atoms with E-state index in [2.05, 4.69) is 10.3 Å². The van der Waals surface area contributed by atoms with Crippen molar-refractivity contribution < 1.29 is 14.3 Å². The van der Waals surface area contributed by atoms with Crippen LogP contribution < -0.4 is 5.32 Å². The van der Waals surface area contributed by atoms with Gasteiger partial charge in [0.1, 0.15) is 17.2 Å². The number of nitrogens with zero attached hydrogens (tertiary/aromatic N) is 1. The van der Waals surface area contributed by atoms with Gasteiger partial charge in [0.05, 0.1) is 0 Å². The van der Waals surface area contributed by atoms with Crippen LogP contribution in [0.2, 0.25) is 0 Å². The molecule has 0 aliphatic heterocycles. The fourth-order valence-corrected chi connectivity index (χ4v) is 1.55. The Balaban J connectivity index is 2.13. The van der Waals surface area contributed by atoms with Crippen molar-refractivity contribution in [2.45, 2.75) is 6.54 Å². The number of carbonyl (C=O) groups is 1. The zero-order valence-corrected chi connectivity index (χ0v) is 9.43. The molecule has 2 aromatic rings. The molecular weight excluding hydrogens is 235 g/mol. The topological polar surface area (TPSA) is 62.2 Å². The van der Waals surface area contributed by atoms with Gasteiger partial charge in [-0.15, -0.1) is 0 Å². The molecule has 0 bridgehead atoms. The first kappa shape index (κ1) is 12.0. The van der Waals surface area contributed by atoms with Gasteiger partial charge >= 0.3 is 5.97 Å². The summed E-state index contributed by atoms with van der Waals surface area (Å²) in [6, 6.07) is 9.10. The highest BCUT2D eigenvalue weighted by molar-refractivity contribution is 5.92. The van der Waals surface area contributed by atoms with Gasteiger partial charge < -0.3 is 10.4 Å². The molecule has 0 aliphatic rings. The summed E-state index contributed by atoms with van der Waals surface area (Å²) in [5.41, 5.74) is 0.811. The van der Waals surface area contributed by atoms with E-state index in [-0.39, 0.29) is 17.2 Å². The highest BCUT2D eigenvalue weighted by atomic mass is 19.1. The quantitative estimate of drug-likeness (QED) is 0.870. The average Bonchev–Trinajstić information content (AvgIpc) is 2.37. The van der Waals surface area contributed by atoms with Crippen molar-refractivity contribution in [3.63, 3.8) is 0 Å². The van der Waals surface area contributed by atoms with Crippen LogP contribution in [-0.4, -0.2) is 16.1 Å². The molecule has 5 heteroatoms. The zero-order valence-electron chi connectivity index (χ0n) is 9.43. The number of carboxylic acids is 1. The van der Waals surface area contributed by atoms with Crippen molar-refractivity contribution in [2.24, 2.45) is 0 Å². The molecule has 0 saturated heterocycles. The predicted octanol–water partition coefficient (Wildman–Crippen LogP) is 2.53. The van der Waals surface area contributed by atoms with Crippen LogP contribution in [0.5, 0.6) is 0 Å². The highest BCUT2D eigenvalue weighted by Crippen LogP contribution is 2.13. The normalized spacial score (nSPS) is 10.1. The molecule has 4 nitrogen and oxygen atoms in total. The third-order valence-electron chi connectivity index (χ3n) is 2.39. The molecule has 0 spiro atoms. The maximum atomic E-state index is 13.0. The second kappa shape index (κ2) is 5.27. The van der Waals surface area contributed by atoms with Crippen LogP contribution in [0.15, 0.2) is 42.6 Å². The molecule has 0 unspecified atom stereocenters. The Morgan fingerprint density at radius 1 is 1.33 bits per heavy atom. The molecule has 0 radical (unpaired) electrons. The van der Waals surface area contributed by atoms with E-state index in [1.807, 2.05) is 0 Å². The van der Waals surface area contributed by atoms with Gasteiger partial charge in [-0.05, 0) is 29.8 Å². The van der Waals surface area contributed by atoms with Gasteiger partial charge in [0, 0.05) is 12.7 Å². The molecular formula is C13H11FN2O2.